The summed E-state index contributed by atoms with van der Waals surface area (Å²) in [6, 6.07) is 6.39. The van der Waals surface area contributed by atoms with Gasteiger partial charge in [-0.3, -0.25) is 9.78 Å². The van der Waals surface area contributed by atoms with E-state index in [1.54, 1.807) is 24.2 Å². The molecule has 120 valence electrons. The largest absolute Gasteiger partial charge is 0.329 e. The topological polar surface area (TPSA) is 45.2 Å². The Kier molecular flexibility index (Phi) is 4.59. The molecule has 1 N–H and O–H groups in total. The van der Waals surface area contributed by atoms with Gasteiger partial charge in [0.05, 0.1) is 16.6 Å². The lowest BCUT2D eigenvalue weighted by atomic mass is 10.0. The Morgan fingerprint density at radius 1 is 1.48 bits per heavy atom. The zero-order valence-corrected chi connectivity index (χ0v) is 13.5. The highest BCUT2D eigenvalue weighted by Gasteiger charge is 2.30. The van der Waals surface area contributed by atoms with Gasteiger partial charge >= 0.3 is 0 Å². The fraction of sp³-hybridized carbons (Fsp3) is 0.294. The summed E-state index contributed by atoms with van der Waals surface area (Å²) in [5.74, 6) is -0.593. The molecule has 4 nitrogen and oxygen atoms in total. The van der Waals surface area contributed by atoms with Gasteiger partial charge in [0.25, 0.3) is 5.91 Å². The summed E-state index contributed by atoms with van der Waals surface area (Å²) in [7, 11) is 0. The fourth-order valence-electron chi connectivity index (χ4n) is 2.79. The second-order valence-corrected chi connectivity index (χ2v) is 5.99. The molecule has 0 saturated carbocycles. The van der Waals surface area contributed by atoms with E-state index in [9.17, 15) is 9.18 Å². The summed E-state index contributed by atoms with van der Waals surface area (Å²) in [4.78, 5) is 18.8. The van der Waals surface area contributed by atoms with E-state index in [0.29, 0.717) is 30.8 Å². The van der Waals surface area contributed by atoms with Crippen molar-refractivity contribution >= 4 is 17.5 Å². The molecule has 1 atom stereocenters. The summed E-state index contributed by atoms with van der Waals surface area (Å²) < 4.78 is 13.6. The molecule has 0 bridgehead atoms. The maximum atomic E-state index is 13.6. The van der Waals surface area contributed by atoms with E-state index >= 15 is 0 Å². The van der Waals surface area contributed by atoms with Crippen LogP contribution in [0.2, 0.25) is 5.02 Å². The van der Waals surface area contributed by atoms with Crippen molar-refractivity contribution < 1.29 is 9.18 Å². The zero-order chi connectivity index (χ0) is 16.4. The molecule has 1 aromatic heterocycles. The van der Waals surface area contributed by atoms with Crippen LogP contribution in [0.15, 0.2) is 36.7 Å². The number of carbonyl (C=O) groups excluding carboxylic acids is 1. The second-order valence-electron chi connectivity index (χ2n) is 5.59. The predicted molar refractivity (Wildman–Crippen MR) is 87.0 cm³/mol. The van der Waals surface area contributed by atoms with Crippen molar-refractivity contribution in [2.24, 2.45) is 0 Å². The lowest BCUT2D eigenvalue weighted by Gasteiger charge is -2.36. The van der Waals surface area contributed by atoms with E-state index in [-0.39, 0.29) is 17.0 Å². The van der Waals surface area contributed by atoms with Crippen LogP contribution < -0.4 is 5.32 Å². The molecule has 1 unspecified atom stereocenters. The van der Waals surface area contributed by atoms with Crippen LogP contribution in [0.25, 0.3) is 0 Å². The Morgan fingerprint density at radius 3 is 3.04 bits per heavy atom. The summed E-state index contributed by atoms with van der Waals surface area (Å²) in [6.07, 6.45) is 3.46. The number of carbonyl (C=O) groups is 1. The number of amides is 1. The molecule has 1 aliphatic rings. The van der Waals surface area contributed by atoms with Crippen LogP contribution in [-0.2, 0) is 0 Å². The molecule has 1 saturated heterocycles. The molecule has 0 spiro atoms. The first-order valence-corrected chi connectivity index (χ1v) is 7.83. The maximum absolute atomic E-state index is 13.6. The van der Waals surface area contributed by atoms with Gasteiger partial charge in [-0.05, 0) is 36.2 Å². The number of aromatic nitrogens is 1. The van der Waals surface area contributed by atoms with Crippen molar-refractivity contribution in [3.63, 3.8) is 0 Å². The SMILES string of the molecule is Cc1cc(C(=O)N2CCNCC2c2cccnc2)c(Cl)cc1F. The number of rotatable bonds is 2. The first kappa shape index (κ1) is 15.9. The molecule has 6 heteroatoms. The minimum absolute atomic E-state index is 0.119. The van der Waals surface area contributed by atoms with Crippen LogP contribution in [0.4, 0.5) is 4.39 Å². The van der Waals surface area contributed by atoms with Crippen molar-refractivity contribution in [1.29, 1.82) is 0 Å². The van der Waals surface area contributed by atoms with E-state index in [2.05, 4.69) is 10.3 Å². The summed E-state index contributed by atoms with van der Waals surface area (Å²) in [5, 5.41) is 3.43. The monoisotopic (exact) mass is 333 g/mol. The highest BCUT2D eigenvalue weighted by atomic mass is 35.5. The molecule has 1 amide bonds. The van der Waals surface area contributed by atoms with E-state index in [4.69, 9.17) is 11.6 Å². The van der Waals surface area contributed by atoms with Crippen LogP contribution in [0.5, 0.6) is 0 Å². The van der Waals surface area contributed by atoms with Crippen molar-refractivity contribution in [3.05, 3.63) is 64.2 Å². The summed E-state index contributed by atoms with van der Waals surface area (Å²) in [5.41, 5.74) is 1.70. The Balaban J connectivity index is 1.95. The van der Waals surface area contributed by atoms with E-state index in [1.165, 1.54) is 12.1 Å². The highest BCUT2D eigenvalue weighted by molar-refractivity contribution is 6.33. The smallest absolute Gasteiger partial charge is 0.255 e. The lowest BCUT2D eigenvalue weighted by molar-refractivity contribution is 0.0634. The summed E-state index contributed by atoms with van der Waals surface area (Å²) in [6.45, 7) is 3.54. The fourth-order valence-corrected chi connectivity index (χ4v) is 3.03. The Hall–Kier alpha value is -1.98. The number of hydrogen-bond donors (Lipinski definition) is 1. The van der Waals surface area contributed by atoms with Gasteiger partial charge in [0, 0.05) is 32.0 Å². The van der Waals surface area contributed by atoms with Gasteiger partial charge in [-0.2, -0.15) is 0 Å². The van der Waals surface area contributed by atoms with Gasteiger partial charge < -0.3 is 10.2 Å². The predicted octanol–water partition coefficient (Wildman–Crippen LogP) is 2.97. The van der Waals surface area contributed by atoms with Crippen LogP contribution in [0.1, 0.15) is 27.5 Å². The third-order valence-electron chi connectivity index (χ3n) is 4.05. The molecular weight excluding hydrogens is 317 g/mol. The minimum Gasteiger partial charge on any atom is -0.329 e. The molecule has 1 fully saturated rings. The van der Waals surface area contributed by atoms with Crippen molar-refractivity contribution in [1.82, 2.24) is 15.2 Å². The van der Waals surface area contributed by atoms with Crippen molar-refractivity contribution in [2.75, 3.05) is 19.6 Å². The van der Waals surface area contributed by atoms with Gasteiger partial charge in [-0.15, -0.1) is 0 Å². The van der Waals surface area contributed by atoms with Gasteiger partial charge in [0.2, 0.25) is 0 Å². The number of nitrogens with one attached hydrogen (secondary N) is 1. The number of benzene rings is 1. The molecule has 2 heterocycles. The summed E-state index contributed by atoms with van der Waals surface area (Å²) >= 11 is 6.09. The van der Waals surface area contributed by atoms with Gasteiger partial charge in [-0.1, -0.05) is 17.7 Å². The molecule has 2 aromatic rings. The first-order valence-electron chi connectivity index (χ1n) is 7.45. The maximum Gasteiger partial charge on any atom is 0.255 e. The molecule has 1 aliphatic heterocycles. The van der Waals surface area contributed by atoms with E-state index in [1.807, 2.05) is 12.1 Å². The zero-order valence-electron chi connectivity index (χ0n) is 12.7. The van der Waals surface area contributed by atoms with Gasteiger partial charge in [0.15, 0.2) is 0 Å². The number of piperazine rings is 1. The first-order chi connectivity index (χ1) is 11.1. The minimum atomic E-state index is -0.407. The van der Waals surface area contributed by atoms with E-state index in [0.717, 1.165) is 5.56 Å². The quantitative estimate of drug-likeness (QED) is 0.919. The standard InChI is InChI=1S/C17H17ClFN3O/c1-11-7-13(14(18)8-15(11)19)17(23)22-6-5-21-10-16(22)12-3-2-4-20-9-12/h2-4,7-9,16,21H,5-6,10H2,1H3. The van der Waals surface area contributed by atoms with Crippen molar-refractivity contribution in [3.8, 4) is 0 Å². The Bertz CT molecular complexity index is 723. The number of nitrogens with zero attached hydrogens (tertiary/aromatic N) is 2. The van der Waals surface area contributed by atoms with Gasteiger partial charge in [0.1, 0.15) is 5.82 Å². The molecule has 23 heavy (non-hydrogen) atoms. The molecular formula is C17H17ClFN3O. The third kappa shape index (κ3) is 3.21. The highest BCUT2D eigenvalue weighted by Crippen LogP contribution is 2.27. The molecule has 0 aliphatic carbocycles. The van der Waals surface area contributed by atoms with Gasteiger partial charge in [-0.25, -0.2) is 4.39 Å². The van der Waals surface area contributed by atoms with Crippen LogP contribution in [0, 0.1) is 12.7 Å². The van der Waals surface area contributed by atoms with Crippen LogP contribution >= 0.6 is 11.6 Å². The number of pyridine rings is 1. The second kappa shape index (κ2) is 6.64. The number of halogens is 2. The van der Waals surface area contributed by atoms with E-state index < -0.39 is 5.82 Å². The van der Waals surface area contributed by atoms with Crippen LogP contribution in [-0.4, -0.2) is 35.4 Å². The average molecular weight is 334 g/mol. The van der Waals surface area contributed by atoms with Crippen molar-refractivity contribution in [2.45, 2.75) is 13.0 Å². The third-order valence-corrected chi connectivity index (χ3v) is 4.36. The molecule has 3 rings (SSSR count). The normalized spacial score (nSPS) is 18.0. The lowest BCUT2D eigenvalue weighted by Crippen LogP contribution is -2.48. The number of hydrogen-bond acceptors (Lipinski definition) is 3. The molecule has 1 aromatic carbocycles. The average Bonchev–Trinajstić information content (AvgIpc) is 2.58. The Labute approximate surface area is 139 Å². The Morgan fingerprint density at radius 2 is 2.30 bits per heavy atom. The number of aryl methyl sites for hydroxylation is 1. The molecule has 0 radical (unpaired) electrons. The van der Waals surface area contributed by atoms with Crippen LogP contribution in [0.3, 0.4) is 0 Å².